The Bertz CT molecular complexity index is 244. The molecule has 3 atom stereocenters. The largest absolute Gasteiger partial charge is 0.469 e. The second-order valence-corrected chi connectivity index (χ2v) is 4.50. The molecule has 86 valence electrons. The van der Waals surface area contributed by atoms with Crippen molar-refractivity contribution < 1.29 is 14.6 Å². The summed E-state index contributed by atoms with van der Waals surface area (Å²) in [4.78, 5) is 14.0. The van der Waals surface area contributed by atoms with Crippen LogP contribution in [0.3, 0.4) is 0 Å². The van der Waals surface area contributed by atoms with Crippen molar-refractivity contribution in [3.8, 4) is 0 Å². The van der Waals surface area contributed by atoms with Crippen LogP contribution in [0.1, 0.15) is 25.7 Å². The highest BCUT2D eigenvalue weighted by Gasteiger charge is 2.42. The lowest BCUT2D eigenvalue weighted by atomic mass is 9.91. The van der Waals surface area contributed by atoms with Crippen molar-refractivity contribution in [1.29, 1.82) is 0 Å². The first kappa shape index (κ1) is 10.9. The first-order valence-electron chi connectivity index (χ1n) is 5.74. The summed E-state index contributed by atoms with van der Waals surface area (Å²) in [6, 6.07) is 0.204. The topological polar surface area (TPSA) is 49.8 Å². The lowest BCUT2D eigenvalue weighted by Gasteiger charge is -2.28. The third-order valence-electron chi connectivity index (χ3n) is 3.66. The van der Waals surface area contributed by atoms with E-state index in [0.29, 0.717) is 6.42 Å². The van der Waals surface area contributed by atoms with Gasteiger partial charge in [-0.15, -0.1) is 0 Å². The third kappa shape index (κ3) is 2.01. The van der Waals surface area contributed by atoms with Crippen LogP contribution in [-0.4, -0.2) is 48.3 Å². The summed E-state index contributed by atoms with van der Waals surface area (Å²) in [5.74, 6) is -0.582. The SMILES string of the molecule is COC(=O)[C@@H]1[C@@H](O)CCCN2CCC[C@@H]12. The number of methoxy groups -OCH3 is 1. The van der Waals surface area contributed by atoms with Gasteiger partial charge >= 0.3 is 5.97 Å². The first-order chi connectivity index (χ1) is 7.24. The summed E-state index contributed by atoms with van der Waals surface area (Å²) in [6.07, 6.45) is 3.31. The summed E-state index contributed by atoms with van der Waals surface area (Å²) in [5, 5.41) is 9.97. The van der Waals surface area contributed by atoms with E-state index in [2.05, 4.69) is 4.90 Å². The molecule has 2 fully saturated rings. The first-order valence-corrected chi connectivity index (χ1v) is 5.74. The zero-order chi connectivity index (χ0) is 10.8. The van der Waals surface area contributed by atoms with Crippen LogP contribution in [0.2, 0.25) is 0 Å². The molecule has 2 heterocycles. The summed E-state index contributed by atoms with van der Waals surface area (Å²) in [6.45, 7) is 2.07. The van der Waals surface area contributed by atoms with Crippen LogP contribution in [0.5, 0.6) is 0 Å². The second kappa shape index (κ2) is 4.49. The molecule has 0 aromatic carbocycles. The maximum atomic E-state index is 11.7. The highest BCUT2D eigenvalue weighted by molar-refractivity contribution is 5.74. The molecule has 2 aliphatic heterocycles. The Hall–Kier alpha value is -0.610. The Kier molecular flexibility index (Phi) is 3.26. The summed E-state index contributed by atoms with van der Waals surface area (Å²) >= 11 is 0. The number of rotatable bonds is 1. The zero-order valence-electron chi connectivity index (χ0n) is 9.19. The van der Waals surface area contributed by atoms with Gasteiger partial charge in [-0.3, -0.25) is 9.69 Å². The van der Waals surface area contributed by atoms with Gasteiger partial charge in [0.1, 0.15) is 0 Å². The molecule has 4 heteroatoms. The van der Waals surface area contributed by atoms with E-state index in [1.165, 1.54) is 7.11 Å². The van der Waals surface area contributed by atoms with E-state index >= 15 is 0 Å². The standard InChI is InChI=1S/C11H19NO3/c1-15-11(14)10-8-4-2-6-12(8)7-3-5-9(10)13/h8-10,13H,2-7H2,1H3/t8-,9-,10-/m0/s1. The molecule has 2 aliphatic rings. The van der Waals surface area contributed by atoms with Gasteiger partial charge in [0.05, 0.1) is 19.1 Å². The molecule has 0 aromatic heterocycles. The minimum atomic E-state index is -0.523. The van der Waals surface area contributed by atoms with Gasteiger partial charge in [0.25, 0.3) is 0 Å². The van der Waals surface area contributed by atoms with Crippen LogP contribution in [0.15, 0.2) is 0 Å². The number of fused-ring (bicyclic) bond motifs is 1. The Balaban J connectivity index is 2.17. The highest BCUT2D eigenvalue weighted by atomic mass is 16.5. The van der Waals surface area contributed by atoms with Crippen LogP contribution in [-0.2, 0) is 9.53 Å². The molecular weight excluding hydrogens is 194 g/mol. The van der Waals surface area contributed by atoms with Crippen LogP contribution in [0, 0.1) is 5.92 Å². The van der Waals surface area contributed by atoms with Gasteiger partial charge in [-0.1, -0.05) is 0 Å². The van der Waals surface area contributed by atoms with Gasteiger partial charge in [0.15, 0.2) is 0 Å². The molecule has 0 unspecified atom stereocenters. The minimum Gasteiger partial charge on any atom is -0.469 e. The van der Waals surface area contributed by atoms with Crippen molar-refractivity contribution in [2.75, 3.05) is 20.2 Å². The van der Waals surface area contributed by atoms with Crippen LogP contribution < -0.4 is 0 Å². The molecule has 0 saturated carbocycles. The van der Waals surface area contributed by atoms with Crippen molar-refractivity contribution >= 4 is 5.97 Å². The summed E-state index contributed by atoms with van der Waals surface area (Å²) < 4.78 is 4.80. The highest BCUT2D eigenvalue weighted by Crippen LogP contribution is 2.31. The maximum absolute atomic E-state index is 11.7. The number of carbonyl (C=O) groups is 1. The fourth-order valence-electron chi connectivity index (χ4n) is 2.93. The van der Waals surface area contributed by atoms with Gasteiger partial charge in [-0.2, -0.15) is 0 Å². The Labute approximate surface area is 90.2 Å². The number of ether oxygens (including phenoxy) is 1. The van der Waals surface area contributed by atoms with E-state index in [4.69, 9.17) is 4.74 Å². The van der Waals surface area contributed by atoms with Crippen LogP contribution in [0.4, 0.5) is 0 Å². The van der Waals surface area contributed by atoms with Crippen molar-refractivity contribution in [2.45, 2.75) is 37.8 Å². The van der Waals surface area contributed by atoms with Crippen molar-refractivity contribution in [1.82, 2.24) is 4.90 Å². The molecule has 0 radical (unpaired) electrons. The van der Waals surface area contributed by atoms with Crippen molar-refractivity contribution in [2.24, 2.45) is 5.92 Å². The molecule has 0 aromatic rings. The monoisotopic (exact) mass is 213 g/mol. The predicted molar refractivity (Wildman–Crippen MR) is 55.3 cm³/mol. The molecule has 2 rings (SSSR count). The van der Waals surface area contributed by atoms with E-state index in [9.17, 15) is 9.90 Å². The molecule has 15 heavy (non-hydrogen) atoms. The van der Waals surface area contributed by atoms with Gasteiger partial charge in [-0.25, -0.2) is 0 Å². The fourth-order valence-corrected chi connectivity index (χ4v) is 2.93. The van der Waals surface area contributed by atoms with Gasteiger partial charge < -0.3 is 9.84 Å². The van der Waals surface area contributed by atoms with Crippen molar-refractivity contribution in [3.63, 3.8) is 0 Å². The lowest BCUT2D eigenvalue weighted by molar-refractivity contribution is -0.151. The lowest BCUT2D eigenvalue weighted by Crippen LogP contribution is -2.43. The number of carbonyl (C=O) groups excluding carboxylic acids is 1. The Morgan fingerprint density at radius 1 is 1.33 bits per heavy atom. The number of aliphatic hydroxyl groups is 1. The van der Waals surface area contributed by atoms with E-state index in [1.54, 1.807) is 0 Å². The zero-order valence-corrected chi connectivity index (χ0v) is 9.19. The maximum Gasteiger partial charge on any atom is 0.312 e. The minimum absolute atomic E-state index is 0.204. The molecule has 0 aliphatic carbocycles. The average molecular weight is 213 g/mol. The van der Waals surface area contributed by atoms with Crippen molar-refractivity contribution in [3.05, 3.63) is 0 Å². The Morgan fingerprint density at radius 2 is 2.00 bits per heavy atom. The smallest absolute Gasteiger partial charge is 0.312 e. The molecule has 0 amide bonds. The van der Waals surface area contributed by atoms with Gasteiger partial charge in [0, 0.05) is 6.04 Å². The Morgan fingerprint density at radius 3 is 2.67 bits per heavy atom. The normalized spacial score (nSPS) is 37.1. The molecule has 0 spiro atoms. The fraction of sp³-hybridized carbons (Fsp3) is 0.909. The van der Waals surface area contributed by atoms with E-state index < -0.39 is 6.10 Å². The van der Waals surface area contributed by atoms with Crippen LogP contribution in [0.25, 0.3) is 0 Å². The number of hydrogen-bond donors (Lipinski definition) is 1. The number of aliphatic hydroxyl groups excluding tert-OH is 1. The molecule has 4 nitrogen and oxygen atoms in total. The van der Waals surface area contributed by atoms with Gasteiger partial charge in [-0.05, 0) is 38.8 Å². The molecule has 2 saturated heterocycles. The number of esters is 1. The van der Waals surface area contributed by atoms with Crippen LogP contribution >= 0.6 is 0 Å². The summed E-state index contributed by atoms with van der Waals surface area (Å²) in [5.41, 5.74) is 0. The quantitative estimate of drug-likeness (QED) is 0.640. The summed E-state index contributed by atoms with van der Waals surface area (Å²) in [7, 11) is 1.40. The number of hydrogen-bond acceptors (Lipinski definition) is 4. The van der Waals surface area contributed by atoms with Gasteiger partial charge in [0.2, 0.25) is 0 Å². The third-order valence-corrected chi connectivity index (χ3v) is 3.66. The molecular formula is C11H19NO3. The average Bonchev–Trinajstić information content (AvgIpc) is 2.61. The molecule has 0 bridgehead atoms. The second-order valence-electron chi connectivity index (χ2n) is 4.50. The van der Waals surface area contributed by atoms with E-state index in [-0.39, 0.29) is 17.9 Å². The number of nitrogens with zero attached hydrogens (tertiary/aromatic N) is 1. The molecule has 1 N–H and O–H groups in total. The van der Waals surface area contributed by atoms with E-state index in [0.717, 1.165) is 32.4 Å². The predicted octanol–water partition coefficient (Wildman–Crippen LogP) is 0.395. The van der Waals surface area contributed by atoms with E-state index in [1.807, 2.05) is 0 Å².